The third kappa shape index (κ3) is 5.27. The van der Waals surface area contributed by atoms with Gasteiger partial charge >= 0.3 is 0 Å². The molecular weight excluding hydrogens is 485 g/mol. The number of amides is 2. The van der Waals surface area contributed by atoms with Crippen molar-refractivity contribution in [3.8, 4) is 0 Å². The largest absolute Gasteiger partial charge is 0.344 e. The summed E-state index contributed by atoms with van der Waals surface area (Å²) in [5.74, 6) is -0.221. The van der Waals surface area contributed by atoms with E-state index in [1.807, 2.05) is 35.7 Å². The van der Waals surface area contributed by atoms with Crippen LogP contribution in [0.25, 0.3) is 0 Å². The smallest absolute Gasteiger partial charge is 0.261 e. The number of hydrogen-bond donors (Lipinski definition) is 1. The number of nitrogens with zero attached hydrogens (tertiary/aromatic N) is 2. The Bertz CT molecular complexity index is 1160. The summed E-state index contributed by atoms with van der Waals surface area (Å²) >= 11 is 7.55. The van der Waals surface area contributed by atoms with E-state index < -0.39 is 5.82 Å². The quantitative estimate of drug-likeness (QED) is 0.480. The highest BCUT2D eigenvalue weighted by Crippen LogP contribution is 2.33. The van der Waals surface area contributed by atoms with Crippen LogP contribution in [0.2, 0.25) is 5.02 Å². The molecule has 2 fully saturated rings. The number of carbonyl (C=O) groups excluding carboxylic acids is 2. The fourth-order valence-corrected chi connectivity index (χ4v) is 6.13. The van der Waals surface area contributed by atoms with Crippen LogP contribution < -0.4 is 5.32 Å². The lowest BCUT2D eigenvalue weighted by Crippen LogP contribution is -2.35. The topological polar surface area (TPSA) is 52.7 Å². The van der Waals surface area contributed by atoms with Crippen molar-refractivity contribution in [1.29, 1.82) is 0 Å². The van der Waals surface area contributed by atoms with Crippen LogP contribution in [-0.2, 0) is 0 Å². The van der Waals surface area contributed by atoms with Gasteiger partial charge in [0.05, 0.1) is 21.5 Å². The van der Waals surface area contributed by atoms with Crippen molar-refractivity contribution < 1.29 is 14.0 Å². The lowest BCUT2D eigenvalue weighted by Gasteiger charge is -2.25. The van der Waals surface area contributed by atoms with Gasteiger partial charge in [-0.05, 0) is 47.4 Å². The molecule has 0 bridgehead atoms. The van der Waals surface area contributed by atoms with E-state index in [0.29, 0.717) is 29.8 Å². The molecule has 3 atom stereocenters. The highest BCUT2D eigenvalue weighted by molar-refractivity contribution is 7.12. The molecule has 0 spiro atoms. The molecule has 3 aromatic rings. The van der Waals surface area contributed by atoms with Gasteiger partial charge in [-0.1, -0.05) is 54.1 Å². The maximum absolute atomic E-state index is 14.2. The molecule has 2 aliphatic rings. The van der Waals surface area contributed by atoms with Crippen LogP contribution in [0.1, 0.15) is 38.1 Å². The summed E-state index contributed by atoms with van der Waals surface area (Å²) in [4.78, 5) is 30.5. The second kappa shape index (κ2) is 10.5. The van der Waals surface area contributed by atoms with Crippen LogP contribution in [0, 0.1) is 17.7 Å². The van der Waals surface area contributed by atoms with Crippen molar-refractivity contribution in [2.75, 3.05) is 32.7 Å². The number of benzene rings is 2. The van der Waals surface area contributed by atoms with Gasteiger partial charge in [0, 0.05) is 32.7 Å². The number of rotatable bonds is 7. The lowest BCUT2D eigenvalue weighted by molar-refractivity contribution is 0.0769. The Morgan fingerprint density at radius 1 is 1.00 bits per heavy atom. The van der Waals surface area contributed by atoms with E-state index in [0.717, 1.165) is 31.6 Å². The highest BCUT2D eigenvalue weighted by Gasteiger charge is 2.42. The van der Waals surface area contributed by atoms with Crippen LogP contribution in [0.4, 0.5) is 4.39 Å². The Balaban J connectivity index is 1.18. The van der Waals surface area contributed by atoms with E-state index in [9.17, 15) is 14.0 Å². The Morgan fingerprint density at radius 2 is 1.74 bits per heavy atom. The van der Waals surface area contributed by atoms with Crippen molar-refractivity contribution >= 4 is 34.8 Å². The molecule has 0 aliphatic carbocycles. The molecule has 1 N–H and O–H groups in total. The molecule has 2 unspecified atom stereocenters. The van der Waals surface area contributed by atoms with Gasteiger partial charge in [-0.3, -0.25) is 9.59 Å². The number of thiophene rings is 1. The molecule has 3 heterocycles. The van der Waals surface area contributed by atoms with Crippen molar-refractivity contribution in [2.45, 2.75) is 12.5 Å². The third-order valence-electron chi connectivity index (χ3n) is 7.01. The summed E-state index contributed by atoms with van der Waals surface area (Å²) in [6.07, 6.45) is 0.800. The first-order valence-electron chi connectivity index (χ1n) is 11.8. The summed E-state index contributed by atoms with van der Waals surface area (Å²) in [5, 5.41) is 5.27. The number of likely N-dealkylation sites (tertiary alicyclic amines) is 2. The minimum atomic E-state index is -0.572. The van der Waals surface area contributed by atoms with E-state index in [1.54, 1.807) is 11.0 Å². The Labute approximate surface area is 213 Å². The van der Waals surface area contributed by atoms with Gasteiger partial charge in [0.2, 0.25) is 0 Å². The van der Waals surface area contributed by atoms with E-state index in [2.05, 4.69) is 22.3 Å². The van der Waals surface area contributed by atoms with Crippen molar-refractivity contribution in [3.05, 3.63) is 92.9 Å². The molecule has 8 heteroatoms. The van der Waals surface area contributed by atoms with E-state index in [4.69, 9.17) is 11.6 Å². The number of halogens is 2. The highest BCUT2D eigenvalue weighted by atomic mass is 35.5. The van der Waals surface area contributed by atoms with Gasteiger partial charge < -0.3 is 15.1 Å². The molecule has 0 radical (unpaired) electrons. The van der Waals surface area contributed by atoms with Crippen LogP contribution >= 0.6 is 22.9 Å². The van der Waals surface area contributed by atoms with E-state index in [1.165, 1.54) is 23.5 Å². The SMILES string of the molecule is O=C(NC(CCN1CC2CN(C(=O)c3c(F)cccc3Cl)C[C@@H]2C1)c1ccccc1)c1cccs1. The van der Waals surface area contributed by atoms with Crippen LogP contribution in [0.5, 0.6) is 0 Å². The fourth-order valence-electron chi connectivity index (χ4n) is 5.26. The van der Waals surface area contributed by atoms with Gasteiger partial charge in [-0.25, -0.2) is 4.39 Å². The average molecular weight is 512 g/mol. The van der Waals surface area contributed by atoms with Gasteiger partial charge in [-0.2, -0.15) is 0 Å². The predicted octanol–water partition coefficient (Wildman–Crippen LogP) is 5.11. The summed E-state index contributed by atoms with van der Waals surface area (Å²) in [7, 11) is 0. The first kappa shape index (κ1) is 24.0. The average Bonchev–Trinajstić information content (AvgIpc) is 3.59. The van der Waals surface area contributed by atoms with Gasteiger partial charge in [-0.15, -0.1) is 11.3 Å². The van der Waals surface area contributed by atoms with E-state index >= 15 is 0 Å². The molecule has 5 nitrogen and oxygen atoms in total. The summed E-state index contributed by atoms with van der Waals surface area (Å²) in [6, 6.07) is 18.1. The molecule has 2 saturated heterocycles. The Kier molecular flexibility index (Phi) is 7.18. The summed E-state index contributed by atoms with van der Waals surface area (Å²) in [6.45, 7) is 3.85. The lowest BCUT2D eigenvalue weighted by atomic mass is 10.0. The fraction of sp³-hybridized carbons (Fsp3) is 0.333. The number of hydrogen-bond acceptors (Lipinski definition) is 4. The molecule has 1 aromatic heterocycles. The van der Waals surface area contributed by atoms with E-state index in [-0.39, 0.29) is 28.4 Å². The molecular formula is C27H27ClFN3O2S. The van der Waals surface area contributed by atoms with Crippen LogP contribution in [-0.4, -0.2) is 54.3 Å². The first-order valence-corrected chi connectivity index (χ1v) is 13.1. The number of carbonyl (C=O) groups is 2. The second-order valence-electron chi connectivity index (χ2n) is 9.29. The minimum Gasteiger partial charge on any atom is -0.344 e. The normalized spacial score (nSPS) is 20.6. The zero-order valence-electron chi connectivity index (χ0n) is 19.2. The third-order valence-corrected chi connectivity index (χ3v) is 8.20. The van der Waals surface area contributed by atoms with Gasteiger partial charge in [0.25, 0.3) is 11.8 Å². The zero-order valence-corrected chi connectivity index (χ0v) is 20.8. The predicted molar refractivity (Wildman–Crippen MR) is 136 cm³/mol. The molecule has 182 valence electrons. The standard InChI is InChI=1S/C27H27ClFN3O2S/c28-21-8-4-9-22(29)25(21)27(34)32-16-19-14-31(15-20(19)17-32)12-11-23(18-6-2-1-3-7-18)30-26(33)24-10-5-13-35-24/h1-10,13,19-20,23H,11-12,14-17H2,(H,30,33)/t19-,20?,23?/m0/s1. The first-order chi connectivity index (χ1) is 17.0. The maximum Gasteiger partial charge on any atom is 0.261 e. The summed E-state index contributed by atoms with van der Waals surface area (Å²) < 4.78 is 14.2. The molecule has 2 aromatic carbocycles. The van der Waals surface area contributed by atoms with Crippen molar-refractivity contribution in [1.82, 2.24) is 15.1 Å². The second-order valence-corrected chi connectivity index (χ2v) is 10.6. The monoisotopic (exact) mass is 511 g/mol. The molecule has 2 aliphatic heterocycles. The summed E-state index contributed by atoms with van der Waals surface area (Å²) in [5.41, 5.74) is 1.06. The molecule has 0 saturated carbocycles. The van der Waals surface area contributed by atoms with Gasteiger partial charge in [0.1, 0.15) is 5.82 Å². The number of fused-ring (bicyclic) bond motifs is 1. The minimum absolute atomic E-state index is 0.0295. The van der Waals surface area contributed by atoms with Crippen LogP contribution in [0.15, 0.2) is 66.0 Å². The Morgan fingerprint density at radius 3 is 2.40 bits per heavy atom. The van der Waals surface area contributed by atoms with Crippen LogP contribution in [0.3, 0.4) is 0 Å². The molecule has 35 heavy (non-hydrogen) atoms. The Hall–Kier alpha value is -2.74. The number of nitrogens with one attached hydrogen (secondary N) is 1. The zero-order chi connectivity index (χ0) is 24.4. The van der Waals surface area contributed by atoms with Crippen molar-refractivity contribution in [3.63, 3.8) is 0 Å². The van der Waals surface area contributed by atoms with Gasteiger partial charge in [0.15, 0.2) is 0 Å². The van der Waals surface area contributed by atoms with Crippen molar-refractivity contribution in [2.24, 2.45) is 11.8 Å². The maximum atomic E-state index is 14.2. The molecule has 2 amide bonds. The molecule has 5 rings (SSSR count).